The monoisotopic (exact) mass is 207 g/mol. The molecule has 0 aliphatic heterocycles. The first-order valence-corrected chi connectivity index (χ1v) is 4.59. The highest BCUT2D eigenvalue weighted by Crippen LogP contribution is 1.94. The largest absolute Gasteiger partial charge is 0.750 e. The smallest absolute Gasteiger partial charge is 0.333 e. The second-order valence-corrected chi connectivity index (χ2v) is 2.94. The molecule has 0 saturated carbocycles. The van der Waals surface area contributed by atoms with Crippen LogP contribution in [0.5, 0.6) is 0 Å². The van der Waals surface area contributed by atoms with Crippen LogP contribution >= 0.6 is 0 Å². The molecule has 0 rings (SSSR count). The predicted octanol–water partition coefficient (Wildman–Crippen LogP) is 0.306. The zero-order valence-corrected chi connectivity index (χ0v) is 8.09. The second kappa shape index (κ2) is 6.76. The van der Waals surface area contributed by atoms with Crippen LogP contribution in [0.3, 0.4) is 0 Å². The third-order valence-electron chi connectivity index (χ3n) is 1.05. The molecule has 0 heterocycles. The average Bonchev–Trinajstić information content (AvgIpc) is 2.02. The van der Waals surface area contributed by atoms with Gasteiger partial charge in [0.15, 0.2) is 0 Å². The maximum Gasteiger partial charge on any atom is 0.333 e. The first-order valence-electron chi connectivity index (χ1n) is 3.59. The van der Waals surface area contributed by atoms with Gasteiger partial charge in [0.05, 0.1) is 24.6 Å². The van der Waals surface area contributed by atoms with Crippen molar-refractivity contribution in [1.82, 2.24) is 0 Å². The Morgan fingerprint density at radius 2 is 2.15 bits per heavy atom. The van der Waals surface area contributed by atoms with Crippen molar-refractivity contribution in [3.8, 4) is 0 Å². The minimum atomic E-state index is -2.50. The van der Waals surface area contributed by atoms with E-state index in [1.54, 1.807) is 0 Å². The number of hydrogen-bond donors (Lipinski definition) is 0. The molecule has 13 heavy (non-hydrogen) atoms. The van der Waals surface area contributed by atoms with Crippen LogP contribution in [0.4, 0.5) is 0 Å². The normalized spacial score (nSPS) is 12.2. The van der Waals surface area contributed by atoms with Gasteiger partial charge in [-0.3, -0.25) is 0 Å². The van der Waals surface area contributed by atoms with Crippen molar-refractivity contribution >= 4 is 17.3 Å². The van der Waals surface area contributed by atoms with E-state index in [2.05, 4.69) is 15.5 Å². The second-order valence-electron chi connectivity index (χ2n) is 2.30. The van der Waals surface area contributed by atoms with Gasteiger partial charge in [-0.25, -0.2) is 9.00 Å². The fourth-order valence-electron chi connectivity index (χ4n) is 0.474. The summed E-state index contributed by atoms with van der Waals surface area (Å²) in [7, 11) is 0. The molecule has 0 aromatic carbocycles. The van der Waals surface area contributed by atoms with Crippen molar-refractivity contribution in [3.63, 3.8) is 0 Å². The first kappa shape index (κ1) is 12.3. The van der Waals surface area contributed by atoms with E-state index in [0.29, 0.717) is 12.0 Å². The molecule has 0 fully saturated rings. The maximum absolute atomic E-state index is 10.8. The van der Waals surface area contributed by atoms with Gasteiger partial charge in [-0.05, 0) is 6.92 Å². The molecule has 0 spiro atoms. The number of rotatable bonds is 6. The highest BCUT2D eigenvalue weighted by atomic mass is 32.2. The first-order chi connectivity index (χ1) is 6.04. The number of carbonyl (C=O) groups excluding carboxylic acids is 1. The van der Waals surface area contributed by atoms with Crippen LogP contribution in [0.2, 0.25) is 0 Å². The lowest BCUT2D eigenvalue weighted by atomic mass is 10.4. The summed E-state index contributed by atoms with van der Waals surface area (Å²) in [5.74, 6) is -0.483. The molecule has 0 N–H and O–H groups in total. The Bertz CT molecular complexity index is 213. The molecule has 0 radical (unpaired) electrons. The van der Waals surface area contributed by atoms with E-state index in [9.17, 15) is 13.6 Å². The lowest BCUT2D eigenvalue weighted by Crippen LogP contribution is -2.08. The molecule has 0 aromatic heterocycles. The van der Waals surface area contributed by atoms with E-state index in [4.69, 9.17) is 0 Å². The molecule has 0 aromatic rings. The lowest BCUT2D eigenvalue weighted by Gasteiger charge is -2.06. The third kappa shape index (κ3) is 7.63. The Hall–Kier alpha value is -0.720. The Labute approximate surface area is 79.2 Å². The van der Waals surface area contributed by atoms with Crippen molar-refractivity contribution in [2.24, 2.45) is 0 Å². The van der Waals surface area contributed by atoms with Crippen LogP contribution in [0, 0.1) is 0 Å². The zero-order chi connectivity index (χ0) is 10.3. The summed E-state index contributed by atoms with van der Waals surface area (Å²) in [6.45, 7) is 5.05. The molecule has 0 saturated heterocycles. The number of esters is 1. The number of ether oxygens (including phenoxy) is 1. The summed E-state index contributed by atoms with van der Waals surface area (Å²) in [6, 6.07) is 0. The van der Waals surface area contributed by atoms with Crippen molar-refractivity contribution < 1.29 is 22.5 Å². The molecule has 76 valence electrons. The average molecular weight is 207 g/mol. The summed E-state index contributed by atoms with van der Waals surface area (Å²) in [5.41, 5.74) is 0.313. The molecular formula is C7H11O5S-. The Morgan fingerprint density at radius 3 is 2.62 bits per heavy atom. The topological polar surface area (TPSA) is 75.7 Å². The van der Waals surface area contributed by atoms with Crippen LogP contribution in [-0.2, 0) is 25.1 Å². The van der Waals surface area contributed by atoms with Crippen LogP contribution in [0.15, 0.2) is 12.2 Å². The lowest BCUT2D eigenvalue weighted by molar-refractivity contribution is -0.139. The third-order valence-corrected chi connectivity index (χ3v) is 1.41. The van der Waals surface area contributed by atoms with Gasteiger partial charge in [0.1, 0.15) is 0 Å². The SMILES string of the molecule is C=C(C)C(=O)OCCCOS(=O)[O-]. The minimum Gasteiger partial charge on any atom is -0.750 e. The molecule has 6 heteroatoms. The summed E-state index contributed by atoms with van der Waals surface area (Å²) >= 11 is -2.50. The minimum absolute atomic E-state index is 0.0135. The van der Waals surface area contributed by atoms with Crippen LogP contribution in [0.25, 0.3) is 0 Å². The Morgan fingerprint density at radius 1 is 1.54 bits per heavy atom. The highest BCUT2D eigenvalue weighted by Gasteiger charge is 2.01. The predicted molar refractivity (Wildman–Crippen MR) is 45.3 cm³/mol. The molecule has 1 atom stereocenters. The van der Waals surface area contributed by atoms with E-state index in [1.807, 2.05) is 0 Å². The van der Waals surface area contributed by atoms with Crippen LogP contribution in [-0.4, -0.2) is 27.9 Å². The van der Waals surface area contributed by atoms with Gasteiger partial charge in [-0.15, -0.1) is 0 Å². The number of hydrogen-bond acceptors (Lipinski definition) is 5. The molecule has 0 aliphatic rings. The van der Waals surface area contributed by atoms with Gasteiger partial charge in [0, 0.05) is 12.0 Å². The number of carbonyl (C=O) groups is 1. The quantitative estimate of drug-likeness (QED) is 0.271. The van der Waals surface area contributed by atoms with E-state index in [0.717, 1.165) is 0 Å². The zero-order valence-electron chi connectivity index (χ0n) is 7.28. The van der Waals surface area contributed by atoms with E-state index in [1.165, 1.54) is 6.92 Å². The van der Waals surface area contributed by atoms with Crippen LogP contribution in [0.1, 0.15) is 13.3 Å². The maximum atomic E-state index is 10.8. The molecule has 0 bridgehead atoms. The van der Waals surface area contributed by atoms with E-state index in [-0.39, 0.29) is 13.2 Å². The molecular weight excluding hydrogens is 196 g/mol. The van der Waals surface area contributed by atoms with Gasteiger partial charge in [-0.1, -0.05) is 6.58 Å². The van der Waals surface area contributed by atoms with Gasteiger partial charge >= 0.3 is 5.97 Å². The summed E-state index contributed by atoms with van der Waals surface area (Å²) in [5, 5.41) is 0. The fourth-order valence-corrected chi connectivity index (χ4v) is 0.728. The van der Waals surface area contributed by atoms with Gasteiger partial charge in [0.25, 0.3) is 0 Å². The summed E-state index contributed by atoms with van der Waals surface area (Å²) in [4.78, 5) is 10.8. The van der Waals surface area contributed by atoms with E-state index >= 15 is 0 Å². The van der Waals surface area contributed by atoms with Crippen molar-refractivity contribution in [3.05, 3.63) is 12.2 Å². The van der Waals surface area contributed by atoms with E-state index < -0.39 is 17.3 Å². The van der Waals surface area contributed by atoms with Crippen molar-refractivity contribution in [2.45, 2.75) is 13.3 Å². The standard InChI is InChI=1S/C7H12O5S/c1-6(2)7(8)11-4-3-5-12-13(9)10/h1,3-5H2,2H3,(H,9,10)/p-1. The Kier molecular flexibility index (Phi) is 6.38. The fraction of sp³-hybridized carbons (Fsp3) is 0.571. The summed E-state index contributed by atoms with van der Waals surface area (Å²) < 4.78 is 28.6. The summed E-state index contributed by atoms with van der Waals surface area (Å²) in [6.07, 6.45) is 0.340. The van der Waals surface area contributed by atoms with Crippen molar-refractivity contribution in [2.75, 3.05) is 13.2 Å². The Balaban J connectivity index is 3.31. The molecule has 0 aliphatic carbocycles. The van der Waals surface area contributed by atoms with Crippen molar-refractivity contribution in [1.29, 1.82) is 0 Å². The highest BCUT2D eigenvalue weighted by molar-refractivity contribution is 7.74. The van der Waals surface area contributed by atoms with Crippen LogP contribution < -0.4 is 0 Å². The molecule has 0 amide bonds. The molecule has 5 nitrogen and oxygen atoms in total. The molecule has 1 unspecified atom stereocenters. The van der Waals surface area contributed by atoms with Gasteiger partial charge in [-0.2, -0.15) is 0 Å². The van der Waals surface area contributed by atoms with Gasteiger partial charge in [0.2, 0.25) is 0 Å². The van der Waals surface area contributed by atoms with Gasteiger partial charge < -0.3 is 13.5 Å².